The van der Waals surface area contributed by atoms with Crippen LogP contribution in [0.3, 0.4) is 0 Å². The molecular formula is C16H27N5O2S. The summed E-state index contributed by atoms with van der Waals surface area (Å²) in [6.07, 6.45) is 4.20. The van der Waals surface area contributed by atoms with Crippen molar-refractivity contribution in [2.75, 3.05) is 18.6 Å². The molecule has 2 amide bonds. The van der Waals surface area contributed by atoms with E-state index in [1.165, 1.54) is 11.8 Å². The number of hydrogen-bond donors (Lipinski definition) is 3. The molecule has 1 aromatic heterocycles. The Bertz CT molecular complexity index is 575. The van der Waals surface area contributed by atoms with Crippen LogP contribution in [-0.2, 0) is 16.1 Å². The number of aromatic nitrogens is 2. The number of carbonyl (C=O) groups excluding carboxylic acids is 2. The number of rotatable bonds is 7. The van der Waals surface area contributed by atoms with Gasteiger partial charge in [-0.3, -0.25) is 14.5 Å². The molecule has 0 aliphatic carbocycles. The van der Waals surface area contributed by atoms with Crippen LogP contribution < -0.4 is 10.6 Å². The van der Waals surface area contributed by atoms with Gasteiger partial charge < -0.3 is 15.6 Å². The van der Waals surface area contributed by atoms with Gasteiger partial charge in [0.15, 0.2) is 0 Å². The molecule has 24 heavy (non-hydrogen) atoms. The lowest BCUT2D eigenvalue weighted by Crippen LogP contribution is -2.45. The zero-order valence-corrected chi connectivity index (χ0v) is 15.6. The fourth-order valence-electron chi connectivity index (χ4n) is 2.98. The molecule has 0 bridgehead atoms. The third kappa shape index (κ3) is 4.98. The molecule has 1 fully saturated rings. The van der Waals surface area contributed by atoms with Gasteiger partial charge in [0.1, 0.15) is 0 Å². The highest BCUT2D eigenvalue weighted by molar-refractivity contribution is 7.99. The summed E-state index contributed by atoms with van der Waals surface area (Å²) in [6.45, 7) is 7.13. The molecule has 0 radical (unpaired) electrons. The van der Waals surface area contributed by atoms with Gasteiger partial charge in [0.05, 0.1) is 23.8 Å². The first-order chi connectivity index (χ1) is 11.4. The lowest BCUT2D eigenvalue weighted by molar-refractivity contribution is -0.126. The third-order valence-corrected chi connectivity index (χ3v) is 4.62. The van der Waals surface area contributed by atoms with E-state index in [4.69, 9.17) is 0 Å². The topological polar surface area (TPSA) is 90.1 Å². The van der Waals surface area contributed by atoms with E-state index in [1.54, 1.807) is 6.33 Å². The largest absolute Gasteiger partial charge is 0.353 e. The third-order valence-electron chi connectivity index (χ3n) is 4.06. The van der Waals surface area contributed by atoms with Crippen LogP contribution >= 0.6 is 11.8 Å². The van der Waals surface area contributed by atoms with Crippen molar-refractivity contribution in [2.45, 2.75) is 51.9 Å². The molecule has 1 aliphatic heterocycles. The number of nitrogens with zero attached hydrogens (tertiary/aromatic N) is 2. The lowest BCUT2D eigenvalue weighted by atomic mass is 10.1. The van der Waals surface area contributed by atoms with Gasteiger partial charge in [-0.15, -0.1) is 0 Å². The van der Waals surface area contributed by atoms with Crippen LogP contribution in [0.2, 0.25) is 0 Å². The molecule has 2 rings (SSSR count). The standard InChI is InChI=1S/C16H27N5O2S/c1-10(2)19-16(23)14-5-12(20-15(22)8-24-4)6-21(14)7-13-11(3)17-9-18-13/h9-10,12,14H,5-8H2,1-4H3,(H,17,18)(H,19,23)(H,20,22)/t12-,14+/m1/s1. The summed E-state index contributed by atoms with van der Waals surface area (Å²) < 4.78 is 0. The first-order valence-electron chi connectivity index (χ1n) is 8.22. The van der Waals surface area contributed by atoms with Crippen LogP contribution in [0.1, 0.15) is 31.7 Å². The van der Waals surface area contributed by atoms with Crippen LogP contribution in [0.25, 0.3) is 0 Å². The maximum atomic E-state index is 12.5. The number of carbonyl (C=O) groups is 2. The zero-order valence-electron chi connectivity index (χ0n) is 14.8. The minimum Gasteiger partial charge on any atom is -0.353 e. The van der Waals surface area contributed by atoms with E-state index in [0.717, 1.165) is 11.4 Å². The van der Waals surface area contributed by atoms with Crippen molar-refractivity contribution in [3.8, 4) is 0 Å². The maximum Gasteiger partial charge on any atom is 0.237 e. The number of H-pyrrole nitrogens is 1. The predicted octanol–water partition coefficient (Wildman–Crippen LogP) is 0.665. The summed E-state index contributed by atoms with van der Waals surface area (Å²) in [5, 5.41) is 6.01. The molecule has 0 aromatic carbocycles. The number of aryl methyl sites for hydroxylation is 1. The van der Waals surface area contributed by atoms with Crippen molar-refractivity contribution < 1.29 is 9.59 Å². The second-order valence-corrected chi connectivity index (χ2v) is 7.38. The number of thioether (sulfide) groups is 1. The summed E-state index contributed by atoms with van der Waals surface area (Å²) >= 11 is 1.50. The summed E-state index contributed by atoms with van der Waals surface area (Å²) in [5.74, 6) is 0.478. The van der Waals surface area contributed by atoms with Crippen LogP contribution in [0.4, 0.5) is 0 Å². The lowest BCUT2D eigenvalue weighted by Gasteiger charge is -2.23. The van der Waals surface area contributed by atoms with Gasteiger partial charge in [0, 0.05) is 30.9 Å². The fraction of sp³-hybridized carbons (Fsp3) is 0.688. The van der Waals surface area contributed by atoms with Crippen molar-refractivity contribution >= 4 is 23.6 Å². The highest BCUT2D eigenvalue weighted by Crippen LogP contribution is 2.21. The van der Waals surface area contributed by atoms with Crippen LogP contribution in [0.15, 0.2) is 6.33 Å². The SMILES string of the molecule is CSCC(=O)N[C@@H]1C[C@@H](C(=O)NC(C)C)N(Cc2nc[nH]c2C)C1. The number of amides is 2. The Labute approximate surface area is 147 Å². The van der Waals surface area contributed by atoms with E-state index in [-0.39, 0.29) is 29.9 Å². The first kappa shape index (κ1) is 18.8. The fourth-order valence-corrected chi connectivity index (χ4v) is 3.32. The van der Waals surface area contributed by atoms with E-state index in [0.29, 0.717) is 25.3 Å². The predicted molar refractivity (Wildman–Crippen MR) is 95.7 cm³/mol. The van der Waals surface area contributed by atoms with Gasteiger partial charge in [-0.05, 0) is 33.4 Å². The van der Waals surface area contributed by atoms with Gasteiger partial charge in [-0.1, -0.05) is 0 Å². The molecule has 0 saturated carbocycles. The van der Waals surface area contributed by atoms with Gasteiger partial charge in [0.2, 0.25) is 11.8 Å². The number of imidazole rings is 1. The van der Waals surface area contributed by atoms with Crippen LogP contribution in [0, 0.1) is 6.92 Å². The van der Waals surface area contributed by atoms with Gasteiger partial charge in [-0.2, -0.15) is 11.8 Å². The molecule has 134 valence electrons. The molecule has 1 saturated heterocycles. The Morgan fingerprint density at radius 1 is 1.50 bits per heavy atom. The molecule has 7 nitrogen and oxygen atoms in total. The Kier molecular flexibility index (Phi) is 6.68. The quantitative estimate of drug-likeness (QED) is 0.670. The number of nitrogens with one attached hydrogen (secondary N) is 3. The molecular weight excluding hydrogens is 326 g/mol. The van der Waals surface area contributed by atoms with Gasteiger partial charge in [0.25, 0.3) is 0 Å². The van der Waals surface area contributed by atoms with E-state index in [9.17, 15) is 9.59 Å². The number of aromatic amines is 1. The molecule has 2 heterocycles. The van der Waals surface area contributed by atoms with Crippen molar-refractivity contribution in [2.24, 2.45) is 0 Å². The summed E-state index contributed by atoms with van der Waals surface area (Å²) in [5.41, 5.74) is 1.95. The van der Waals surface area contributed by atoms with Crippen molar-refractivity contribution in [3.05, 3.63) is 17.7 Å². The Morgan fingerprint density at radius 2 is 2.25 bits per heavy atom. The second-order valence-electron chi connectivity index (χ2n) is 6.52. The van der Waals surface area contributed by atoms with E-state index in [2.05, 4.69) is 25.5 Å². The average molecular weight is 353 g/mol. The highest BCUT2D eigenvalue weighted by atomic mass is 32.2. The van der Waals surface area contributed by atoms with Crippen LogP contribution in [-0.4, -0.2) is 63.4 Å². The highest BCUT2D eigenvalue weighted by Gasteiger charge is 2.37. The first-order valence-corrected chi connectivity index (χ1v) is 9.61. The summed E-state index contributed by atoms with van der Waals surface area (Å²) in [4.78, 5) is 33.9. The molecule has 0 spiro atoms. The number of hydrogen-bond acceptors (Lipinski definition) is 5. The molecule has 2 atom stereocenters. The molecule has 1 aromatic rings. The van der Waals surface area contributed by atoms with Gasteiger partial charge in [-0.25, -0.2) is 4.98 Å². The van der Waals surface area contributed by atoms with Crippen molar-refractivity contribution in [1.29, 1.82) is 0 Å². The smallest absolute Gasteiger partial charge is 0.237 e. The monoisotopic (exact) mass is 353 g/mol. The Balaban J connectivity index is 2.06. The van der Waals surface area contributed by atoms with Crippen molar-refractivity contribution in [1.82, 2.24) is 25.5 Å². The van der Waals surface area contributed by atoms with E-state index >= 15 is 0 Å². The summed E-state index contributed by atoms with van der Waals surface area (Å²) in [7, 11) is 0. The van der Waals surface area contributed by atoms with Crippen LogP contribution in [0.5, 0.6) is 0 Å². The van der Waals surface area contributed by atoms with E-state index in [1.807, 2.05) is 27.0 Å². The van der Waals surface area contributed by atoms with Crippen molar-refractivity contribution in [3.63, 3.8) is 0 Å². The molecule has 0 unspecified atom stereocenters. The number of likely N-dealkylation sites (tertiary alicyclic amines) is 1. The average Bonchev–Trinajstić information content (AvgIpc) is 3.06. The minimum absolute atomic E-state index is 0.00758. The molecule has 8 heteroatoms. The minimum atomic E-state index is -0.247. The zero-order chi connectivity index (χ0) is 17.7. The van der Waals surface area contributed by atoms with E-state index < -0.39 is 0 Å². The Morgan fingerprint density at radius 3 is 2.83 bits per heavy atom. The normalized spacial score (nSPS) is 21.2. The maximum absolute atomic E-state index is 12.5. The molecule has 3 N–H and O–H groups in total. The molecule has 1 aliphatic rings. The van der Waals surface area contributed by atoms with Gasteiger partial charge >= 0.3 is 0 Å². The summed E-state index contributed by atoms with van der Waals surface area (Å²) in [6, 6.07) is -0.161. The second kappa shape index (κ2) is 8.53. The Hall–Kier alpha value is -1.54.